The van der Waals surface area contributed by atoms with Crippen molar-refractivity contribution in [3.63, 3.8) is 0 Å². The number of fused-ring (bicyclic) bond motifs is 1. The molecule has 1 N–H and O–H groups in total. The van der Waals surface area contributed by atoms with Crippen LogP contribution in [0.5, 0.6) is 23.0 Å². The minimum Gasteiger partial charge on any atom is -0.488 e. The van der Waals surface area contributed by atoms with Gasteiger partial charge in [-0.15, -0.1) is 0 Å². The lowest BCUT2D eigenvalue weighted by Gasteiger charge is -2.26. The molecule has 55 heavy (non-hydrogen) atoms. The topological polar surface area (TPSA) is 95.6 Å². The first-order valence-electron chi connectivity index (χ1n) is 18.2. The quantitative estimate of drug-likeness (QED) is 0.105. The molecule has 6 aromatic carbocycles. The van der Waals surface area contributed by atoms with Crippen molar-refractivity contribution in [1.29, 1.82) is 0 Å². The highest BCUT2D eigenvalue weighted by molar-refractivity contribution is 6.08. The standard InChI is InChI=1S/C46H42N2O7/c1-32(2)39-25-40(43(52-29-35-14-8-4-9-15-35)26-42(39)51-28-34-12-6-3-7-13-34)46(50)48(38-22-23-41-44(24-38)54-31-53-41)27-33-18-20-37(21-19-33)45(49)47-55-30-36-16-10-5-11-17-36/h3-26,32H,27-31H2,1-2H3,(H,47,49). The van der Waals surface area contributed by atoms with E-state index in [0.717, 1.165) is 27.8 Å². The molecule has 1 aliphatic heterocycles. The fraction of sp³-hybridized carbons (Fsp3) is 0.174. The Bertz CT molecular complexity index is 2210. The Balaban J connectivity index is 1.19. The molecule has 0 fully saturated rings. The lowest BCUT2D eigenvalue weighted by molar-refractivity contribution is 0.0233. The van der Waals surface area contributed by atoms with Gasteiger partial charge in [-0.05, 0) is 64.1 Å². The number of nitrogens with one attached hydrogen (secondary N) is 1. The van der Waals surface area contributed by atoms with Crippen molar-refractivity contribution in [2.45, 2.75) is 46.1 Å². The van der Waals surface area contributed by atoms with Crippen LogP contribution in [0.3, 0.4) is 0 Å². The Labute approximate surface area is 321 Å². The maximum atomic E-state index is 15.0. The van der Waals surface area contributed by atoms with Crippen LogP contribution in [0, 0.1) is 0 Å². The van der Waals surface area contributed by atoms with Crippen molar-refractivity contribution in [2.24, 2.45) is 0 Å². The largest absolute Gasteiger partial charge is 0.488 e. The lowest BCUT2D eigenvalue weighted by atomic mass is 9.97. The van der Waals surface area contributed by atoms with E-state index in [1.54, 1.807) is 29.2 Å². The van der Waals surface area contributed by atoms with E-state index < -0.39 is 0 Å². The van der Waals surface area contributed by atoms with E-state index in [4.69, 9.17) is 23.8 Å². The number of hydrogen-bond donors (Lipinski definition) is 1. The molecule has 278 valence electrons. The van der Waals surface area contributed by atoms with Crippen LogP contribution in [0.1, 0.15) is 68.3 Å². The van der Waals surface area contributed by atoms with Gasteiger partial charge in [0.1, 0.15) is 24.7 Å². The fourth-order valence-electron chi connectivity index (χ4n) is 6.15. The van der Waals surface area contributed by atoms with Gasteiger partial charge in [0.15, 0.2) is 11.5 Å². The molecule has 2 amide bonds. The number of ether oxygens (including phenoxy) is 4. The summed E-state index contributed by atoms with van der Waals surface area (Å²) in [5.41, 5.74) is 8.52. The molecule has 0 radical (unpaired) electrons. The molecular weight excluding hydrogens is 693 g/mol. The number of benzene rings is 6. The molecule has 9 heteroatoms. The second-order valence-electron chi connectivity index (χ2n) is 13.4. The van der Waals surface area contributed by atoms with Crippen molar-refractivity contribution < 1.29 is 33.4 Å². The third-order valence-corrected chi connectivity index (χ3v) is 9.16. The van der Waals surface area contributed by atoms with Crippen molar-refractivity contribution in [3.8, 4) is 23.0 Å². The second-order valence-corrected chi connectivity index (χ2v) is 13.4. The lowest BCUT2D eigenvalue weighted by Crippen LogP contribution is -2.31. The number of hydrogen-bond acceptors (Lipinski definition) is 7. The molecular formula is C46H42N2O7. The maximum absolute atomic E-state index is 15.0. The number of anilines is 1. The summed E-state index contributed by atoms with van der Waals surface area (Å²) in [4.78, 5) is 35.0. The van der Waals surface area contributed by atoms with Gasteiger partial charge in [0.2, 0.25) is 6.79 Å². The molecule has 7 rings (SSSR count). The van der Waals surface area contributed by atoms with E-state index >= 15 is 4.79 Å². The number of rotatable bonds is 15. The number of amides is 2. The van der Waals surface area contributed by atoms with Crippen LogP contribution >= 0.6 is 0 Å². The molecule has 1 heterocycles. The number of nitrogens with zero attached hydrogens (tertiary/aromatic N) is 1. The molecule has 0 spiro atoms. The molecule has 0 aromatic heterocycles. The van der Waals surface area contributed by atoms with Gasteiger partial charge in [-0.2, -0.15) is 0 Å². The second kappa shape index (κ2) is 17.5. The first kappa shape index (κ1) is 36.8. The Kier molecular flexibility index (Phi) is 11.7. The van der Waals surface area contributed by atoms with Gasteiger partial charge in [0, 0.05) is 23.4 Å². The van der Waals surface area contributed by atoms with E-state index in [0.29, 0.717) is 46.4 Å². The van der Waals surface area contributed by atoms with Crippen LogP contribution < -0.4 is 29.3 Å². The highest BCUT2D eigenvalue weighted by Crippen LogP contribution is 2.39. The predicted octanol–water partition coefficient (Wildman–Crippen LogP) is 9.41. The summed E-state index contributed by atoms with van der Waals surface area (Å²) in [6, 6.07) is 45.6. The molecule has 0 aliphatic carbocycles. The summed E-state index contributed by atoms with van der Waals surface area (Å²) in [6.07, 6.45) is 0. The van der Waals surface area contributed by atoms with Gasteiger partial charge < -0.3 is 23.8 Å². The summed E-state index contributed by atoms with van der Waals surface area (Å²) < 4.78 is 24.2. The van der Waals surface area contributed by atoms with Gasteiger partial charge in [0.05, 0.1) is 18.7 Å². The normalized spacial score (nSPS) is 11.6. The molecule has 0 bridgehead atoms. The third-order valence-electron chi connectivity index (χ3n) is 9.16. The van der Waals surface area contributed by atoms with Crippen molar-refractivity contribution in [2.75, 3.05) is 11.7 Å². The molecule has 6 aromatic rings. The van der Waals surface area contributed by atoms with E-state index in [1.165, 1.54) is 0 Å². The predicted molar refractivity (Wildman–Crippen MR) is 210 cm³/mol. The zero-order valence-corrected chi connectivity index (χ0v) is 30.8. The Hall–Kier alpha value is -6.58. The average Bonchev–Trinajstić information content (AvgIpc) is 3.70. The van der Waals surface area contributed by atoms with Gasteiger partial charge in [-0.25, -0.2) is 5.48 Å². The van der Waals surface area contributed by atoms with Gasteiger partial charge in [-0.3, -0.25) is 14.4 Å². The molecule has 0 unspecified atom stereocenters. The first-order chi connectivity index (χ1) is 26.9. The Morgan fingerprint density at radius 3 is 1.84 bits per heavy atom. The molecule has 0 saturated heterocycles. The first-order valence-corrected chi connectivity index (χ1v) is 18.2. The van der Waals surface area contributed by atoms with Gasteiger partial charge >= 0.3 is 0 Å². The molecule has 9 nitrogen and oxygen atoms in total. The van der Waals surface area contributed by atoms with Crippen molar-refractivity contribution >= 4 is 17.5 Å². The molecule has 1 aliphatic rings. The minimum absolute atomic E-state index is 0.0369. The van der Waals surface area contributed by atoms with E-state index in [1.807, 2.05) is 121 Å². The van der Waals surface area contributed by atoms with Crippen LogP contribution in [-0.4, -0.2) is 18.6 Å². The van der Waals surface area contributed by atoms with Crippen LogP contribution in [-0.2, 0) is 31.2 Å². The summed E-state index contributed by atoms with van der Waals surface area (Å²) >= 11 is 0. The summed E-state index contributed by atoms with van der Waals surface area (Å²) in [7, 11) is 0. The van der Waals surface area contributed by atoms with Crippen LogP contribution in [0.2, 0.25) is 0 Å². The van der Waals surface area contributed by atoms with E-state index in [2.05, 4.69) is 19.3 Å². The number of carbonyl (C=O) groups excluding carboxylic acids is 2. The fourth-order valence-corrected chi connectivity index (χ4v) is 6.15. The number of carbonyl (C=O) groups is 2. The van der Waals surface area contributed by atoms with E-state index in [9.17, 15) is 4.79 Å². The monoisotopic (exact) mass is 734 g/mol. The van der Waals surface area contributed by atoms with E-state index in [-0.39, 0.29) is 44.3 Å². The SMILES string of the molecule is CC(C)c1cc(C(=O)N(Cc2ccc(C(=O)NOCc3ccccc3)cc2)c2ccc3c(c2)OCO3)c(OCc2ccccc2)cc1OCc1ccccc1. The van der Waals surface area contributed by atoms with Gasteiger partial charge in [0.25, 0.3) is 11.8 Å². The Morgan fingerprint density at radius 1 is 0.636 bits per heavy atom. The van der Waals surface area contributed by atoms with Crippen LogP contribution in [0.15, 0.2) is 146 Å². The highest BCUT2D eigenvalue weighted by Gasteiger charge is 2.27. The Morgan fingerprint density at radius 2 is 1.22 bits per heavy atom. The van der Waals surface area contributed by atoms with Gasteiger partial charge in [-0.1, -0.05) is 117 Å². The summed E-state index contributed by atoms with van der Waals surface area (Å²) in [6.45, 7) is 5.29. The zero-order valence-electron chi connectivity index (χ0n) is 30.8. The van der Waals surface area contributed by atoms with Crippen LogP contribution in [0.25, 0.3) is 0 Å². The summed E-state index contributed by atoms with van der Waals surface area (Å²) in [5.74, 6) is 1.58. The number of hydroxylamine groups is 1. The average molecular weight is 735 g/mol. The maximum Gasteiger partial charge on any atom is 0.274 e. The zero-order chi connectivity index (χ0) is 38.0. The smallest absolute Gasteiger partial charge is 0.274 e. The summed E-state index contributed by atoms with van der Waals surface area (Å²) in [5, 5.41) is 0. The molecule has 0 saturated carbocycles. The van der Waals surface area contributed by atoms with Crippen LogP contribution in [0.4, 0.5) is 5.69 Å². The minimum atomic E-state index is -0.373. The molecule has 0 atom stereocenters. The van der Waals surface area contributed by atoms with Crippen molar-refractivity contribution in [3.05, 3.63) is 185 Å². The van der Waals surface area contributed by atoms with Crippen molar-refractivity contribution in [1.82, 2.24) is 5.48 Å². The highest BCUT2D eigenvalue weighted by atomic mass is 16.7. The third kappa shape index (κ3) is 9.33.